The van der Waals surface area contributed by atoms with Gasteiger partial charge in [-0.25, -0.2) is 4.57 Å². The van der Waals surface area contributed by atoms with Crippen LogP contribution in [0.5, 0.6) is 0 Å². The lowest BCUT2D eigenvalue weighted by molar-refractivity contribution is -0.645. The van der Waals surface area contributed by atoms with Crippen LogP contribution in [0, 0.1) is 0 Å². The summed E-state index contributed by atoms with van der Waals surface area (Å²) in [4.78, 5) is 0. The van der Waals surface area contributed by atoms with Crippen molar-refractivity contribution in [2.75, 3.05) is 0 Å². The molecule has 0 aliphatic rings. The third kappa shape index (κ3) is 1.31. The lowest BCUT2D eigenvalue weighted by Crippen LogP contribution is -2.28. The molecular weight excluding hydrogens is 158 g/mol. The van der Waals surface area contributed by atoms with Gasteiger partial charge in [-0.1, -0.05) is 19.1 Å². The molecular formula is C12H14N+. The minimum Gasteiger partial charge on any atom is -0.201 e. The fraction of sp³-hybridized carbons (Fsp3) is 0.250. The Balaban J connectivity index is 2.87. The van der Waals surface area contributed by atoms with Crippen LogP contribution in [0.2, 0.25) is 0 Å². The van der Waals surface area contributed by atoms with Gasteiger partial charge < -0.3 is 0 Å². The van der Waals surface area contributed by atoms with Gasteiger partial charge in [-0.3, -0.25) is 0 Å². The van der Waals surface area contributed by atoms with Crippen LogP contribution in [0.1, 0.15) is 12.5 Å². The molecule has 0 bridgehead atoms. The summed E-state index contributed by atoms with van der Waals surface area (Å²) in [6, 6.07) is 10.7. The van der Waals surface area contributed by atoms with Crippen LogP contribution in [0.4, 0.5) is 0 Å². The summed E-state index contributed by atoms with van der Waals surface area (Å²) in [6.45, 7) is 2.20. The minimum absolute atomic E-state index is 1.09. The highest BCUT2D eigenvalue weighted by atomic mass is 14.9. The molecule has 0 spiro atoms. The zero-order valence-electron chi connectivity index (χ0n) is 8.12. The summed E-state index contributed by atoms with van der Waals surface area (Å²) in [5.74, 6) is 0. The van der Waals surface area contributed by atoms with Gasteiger partial charge in [-0.05, 0) is 18.6 Å². The molecule has 0 atom stereocenters. The van der Waals surface area contributed by atoms with Gasteiger partial charge in [-0.15, -0.1) is 0 Å². The Labute approximate surface area is 78.6 Å². The highest BCUT2D eigenvalue weighted by Crippen LogP contribution is 2.14. The molecule has 1 heterocycles. The Hall–Kier alpha value is -1.37. The molecule has 0 aliphatic carbocycles. The number of hydrogen-bond acceptors (Lipinski definition) is 0. The van der Waals surface area contributed by atoms with Crippen molar-refractivity contribution in [3.05, 3.63) is 42.1 Å². The Morgan fingerprint density at radius 2 is 1.92 bits per heavy atom. The smallest absolute Gasteiger partial charge is 0.201 e. The molecule has 0 unspecified atom stereocenters. The number of benzene rings is 1. The summed E-state index contributed by atoms with van der Waals surface area (Å²) in [6.07, 6.45) is 3.19. The van der Waals surface area contributed by atoms with E-state index < -0.39 is 0 Å². The predicted octanol–water partition coefficient (Wildman–Crippen LogP) is 2.23. The van der Waals surface area contributed by atoms with E-state index in [9.17, 15) is 0 Å². The molecule has 13 heavy (non-hydrogen) atoms. The van der Waals surface area contributed by atoms with Gasteiger partial charge in [0.15, 0.2) is 6.20 Å². The van der Waals surface area contributed by atoms with E-state index in [1.807, 2.05) is 0 Å². The summed E-state index contributed by atoms with van der Waals surface area (Å²) in [7, 11) is 2.10. The van der Waals surface area contributed by atoms with E-state index in [0.29, 0.717) is 0 Å². The first kappa shape index (κ1) is 8.24. The van der Waals surface area contributed by atoms with Crippen LogP contribution >= 0.6 is 0 Å². The number of rotatable bonds is 1. The van der Waals surface area contributed by atoms with Crippen molar-refractivity contribution in [3.8, 4) is 0 Å². The van der Waals surface area contributed by atoms with Crippen LogP contribution in [0.25, 0.3) is 10.9 Å². The van der Waals surface area contributed by atoms with Gasteiger partial charge in [-0.2, -0.15) is 0 Å². The Kier molecular flexibility index (Phi) is 2.01. The summed E-state index contributed by atoms with van der Waals surface area (Å²) < 4.78 is 2.19. The van der Waals surface area contributed by atoms with E-state index in [0.717, 1.165) is 6.42 Å². The van der Waals surface area contributed by atoms with Crippen LogP contribution in [-0.2, 0) is 13.5 Å². The molecule has 1 heteroatoms. The zero-order valence-corrected chi connectivity index (χ0v) is 8.12. The first-order valence-corrected chi connectivity index (χ1v) is 4.69. The monoisotopic (exact) mass is 172 g/mol. The van der Waals surface area contributed by atoms with Crippen molar-refractivity contribution >= 4 is 10.9 Å². The maximum atomic E-state index is 2.20. The zero-order chi connectivity index (χ0) is 9.26. The van der Waals surface area contributed by atoms with Gasteiger partial charge >= 0.3 is 0 Å². The van der Waals surface area contributed by atoms with E-state index in [2.05, 4.69) is 55.1 Å². The van der Waals surface area contributed by atoms with Gasteiger partial charge in [0.2, 0.25) is 5.52 Å². The molecule has 1 nitrogen and oxygen atoms in total. The molecule has 0 radical (unpaired) electrons. The summed E-state index contributed by atoms with van der Waals surface area (Å²) in [5, 5.41) is 1.32. The van der Waals surface area contributed by atoms with E-state index in [1.165, 1.54) is 16.5 Å². The van der Waals surface area contributed by atoms with E-state index in [1.54, 1.807) is 0 Å². The van der Waals surface area contributed by atoms with E-state index >= 15 is 0 Å². The van der Waals surface area contributed by atoms with Gasteiger partial charge in [0.05, 0.1) is 0 Å². The number of aryl methyl sites for hydroxylation is 2. The van der Waals surface area contributed by atoms with E-state index in [-0.39, 0.29) is 0 Å². The van der Waals surface area contributed by atoms with Crippen molar-refractivity contribution in [3.63, 3.8) is 0 Å². The molecule has 1 aromatic heterocycles. The average molecular weight is 172 g/mol. The quantitative estimate of drug-likeness (QED) is 0.581. The lowest BCUT2D eigenvalue weighted by atomic mass is 10.1. The van der Waals surface area contributed by atoms with Crippen molar-refractivity contribution in [1.82, 2.24) is 0 Å². The van der Waals surface area contributed by atoms with Crippen LogP contribution in [0.3, 0.4) is 0 Å². The molecule has 0 aliphatic heterocycles. The Morgan fingerprint density at radius 3 is 2.69 bits per heavy atom. The van der Waals surface area contributed by atoms with Crippen molar-refractivity contribution in [2.24, 2.45) is 7.05 Å². The predicted molar refractivity (Wildman–Crippen MR) is 54.5 cm³/mol. The first-order valence-electron chi connectivity index (χ1n) is 4.69. The van der Waals surface area contributed by atoms with Crippen molar-refractivity contribution < 1.29 is 4.57 Å². The highest BCUT2D eigenvalue weighted by molar-refractivity contribution is 5.78. The SMILES string of the molecule is CCc1cccc2ccc[n+](C)c12. The molecule has 2 rings (SSSR count). The van der Waals surface area contributed by atoms with E-state index in [4.69, 9.17) is 0 Å². The van der Waals surface area contributed by atoms with Crippen LogP contribution < -0.4 is 4.57 Å². The third-order valence-corrected chi connectivity index (χ3v) is 2.47. The maximum Gasteiger partial charge on any atom is 0.215 e. The molecule has 0 fully saturated rings. The molecule has 0 amide bonds. The number of pyridine rings is 1. The number of fused-ring (bicyclic) bond motifs is 1. The second-order valence-electron chi connectivity index (χ2n) is 3.33. The largest absolute Gasteiger partial charge is 0.215 e. The van der Waals surface area contributed by atoms with Crippen LogP contribution in [-0.4, -0.2) is 0 Å². The third-order valence-electron chi connectivity index (χ3n) is 2.47. The van der Waals surface area contributed by atoms with Gasteiger partial charge in [0, 0.05) is 17.0 Å². The van der Waals surface area contributed by atoms with Crippen LogP contribution in [0.15, 0.2) is 36.5 Å². The topological polar surface area (TPSA) is 3.88 Å². The van der Waals surface area contributed by atoms with Gasteiger partial charge in [0.1, 0.15) is 7.05 Å². The second-order valence-corrected chi connectivity index (χ2v) is 3.33. The summed E-state index contributed by atoms with van der Waals surface area (Å²) in [5.41, 5.74) is 2.77. The normalized spacial score (nSPS) is 10.6. The van der Waals surface area contributed by atoms with Crippen molar-refractivity contribution in [2.45, 2.75) is 13.3 Å². The Bertz CT molecular complexity index is 427. The number of hydrogen-bond donors (Lipinski definition) is 0. The standard InChI is InChI=1S/C12H14N/c1-3-10-6-4-7-11-8-5-9-13(2)12(10)11/h4-9H,3H2,1-2H3/q+1. The molecule has 0 N–H and O–H groups in total. The maximum absolute atomic E-state index is 2.20. The van der Waals surface area contributed by atoms with Crippen molar-refractivity contribution in [1.29, 1.82) is 0 Å². The first-order chi connectivity index (χ1) is 6.33. The second kappa shape index (κ2) is 3.17. The fourth-order valence-corrected chi connectivity index (χ4v) is 1.81. The molecule has 66 valence electrons. The minimum atomic E-state index is 1.09. The fourth-order valence-electron chi connectivity index (χ4n) is 1.81. The lowest BCUT2D eigenvalue weighted by Gasteiger charge is -2.00. The average Bonchev–Trinajstić information content (AvgIpc) is 2.17. The highest BCUT2D eigenvalue weighted by Gasteiger charge is 2.07. The molecule has 1 aromatic carbocycles. The number of aromatic nitrogens is 1. The number of para-hydroxylation sites is 1. The molecule has 0 saturated heterocycles. The molecule has 2 aromatic rings. The number of nitrogens with zero attached hydrogens (tertiary/aromatic N) is 1. The molecule has 0 saturated carbocycles. The Morgan fingerprint density at radius 1 is 1.15 bits per heavy atom. The summed E-state index contributed by atoms with van der Waals surface area (Å²) >= 11 is 0. The van der Waals surface area contributed by atoms with Gasteiger partial charge in [0.25, 0.3) is 0 Å².